The Morgan fingerprint density at radius 2 is 1.92 bits per heavy atom. The molecule has 5 rings (SSSR count). The number of pyridine rings is 3. The second kappa shape index (κ2) is 5.24. The fraction of sp³-hybridized carbons (Fsp3) is 0.0526. The Morgan fingerprint density at radius 1 is 0.960 bits per heavy atom. The molecule has 0 fully saturated rings. The molecule has 0 aliphatic carbocycles. The average Bonchev–Trinajstić information content (AvgIpc) is 3.25. The molecule has 0 unspecified atom stereocenters. The van der Waals surface area contributed by atoms with Crippen LogP contribution >= 0.6 is 0 Å². The summed E-state index contributed by atoms with van der Waals surface area (Å²) in [5.41, 5.74) is 4.70. The lowest BCUT2D eigenvalue weighted by molar-refractivity contribution is 0.855. The van der Waals surface area contributed by atoms with E-state index in [1.54, 1.807) is 12.4 Å². The van der Waals surface area contributed by atoms with Crippen molar-refractivity contribution in [1.82, 2.24) is 29.4 Å². The summed E-state index contributed by atoms with van der Waals surface area (Å²) < 4.78 is 3.71. The molecule has 120 valence electrons. The van der Waals surface area contributed by atoms with Crippen LogP contribution in [0.15, 0.2) is 67.1 Å². The standard InChI is InChI=1S/C19H14N6/c1-13-4-2-6-17(22-13)25-18(16-5-3-9-20-19(16)23-25)14-8-11-24-15(12-14)7-10-21-24/h2-12H,1H3. The summed E-state index contributed by atoms with van der Waals surface area (Å²) in [4.78, 5) is 9.04. The minimum absolute atomic E-state index is 0.703. The summed E-state index contributed by atoms with van der Waals surface area (Å²) in [5, 5.41) is 9.95. The number of rotatable bonds is 2. The molecule has 5 aromatic rings. The zero-order chi connectivity index (χ0) is 16.8. The summed E-state index contributed by atoms with van der Waals surface area (Å²) in [6, 6.07) is 16.0. The number of hydrogen-bond acceptors (Lipinski definition) is 4. The van der Waals surface area contributed by atoms with E-state index in [9.17, 15) is 0 Å². The number of aryl methyl sites for hydroxylation is 1. The van der Waals surface area contributed by atoms with Gasteiger partial charge in [0.1, 0.15) is 0 Å². The maximum absolute atomic E-state index is 4.69. The van der Waals surface area contributed by atoms with Gasteiger partial charge in [-0.15, -0.1) is 5.10 Å². The van der Waals surface area contributed by atoms with Crippen molar-refractivity contribution in [3.8, 4) is 17.1 Å². The van der Waals surface area contributed by atoms with Crippen molar-refractivity contribution in [2.45, 2.75) is 6.92 Å². The van der Waals surface area contributed by atoms with E-state index in [1.807, 2.05) is 64.8 Å². The van der Waals surface area contributed by atoms with Gasteiger partial charge in [-0.1, -0.05) is 6.07 Å². The smallest absolute Gasteiger partial charge is 0.182 e. The Balaban J connectivity index is 1.84. The number of fused-ring (bicyclic) bond motifs is 2. The van der Waals surface area contributed by atoms with Gasteiger partial charge in [0, 0.05) is 35.2 Å². The molecule has 6 heteroatoms. The van der Waals surface area contributed by atoms with E-state index in [4.69, 9.17) is 0 Å². The average molecular weight is 326 g/mol. The minimum Gasteiger partial charge on any atom is -0.241 e. The van der Waals surface area contributed by atoms with Crippen molar-refractivity contribution in [3.05, 3.63) is 72.8 Å². The maximum Gasteiger partial charge on any atom is 0.182 e. The molecular formula is C19H14N6. The van der Waals surface area contributed by atoms with Crippen molar-refractivity contribution < 1.29 is 0 Å². The quantitative estimate of drug-likeness (QED) is 0.498. The van der Waals surface area contributed by atoms with E-state index in [0.29, 0.717) is 5.65 Å². The largest absolute Gasteiger partial charge is 0.241 e. The lowest BCUT2D eigenvalue weighted by Crippen LogP contribution is -2.02. The first kappa shape index (κ1) is 13.9. The molecule has 0 bridgehead atoms. The van der Waals surface area contributed by atoms with Gasteiger partial charge in [0.2, 0.25) is 0 Å². The Bertz CT molecular complexity index is 1220. The summed E-state index contributed by atoms with van der Waals surface area (Å²) >= 11 is 0. The van der Waals surface area contributed by atoms with Crippen molar-refractivity contribution in [2.24, 2.45) is 0 Å². The zero-order valence-corrected chi connectivity index (χ0v) is 13.5. The van der Waals surface area contributed by atoms with Crippen LogP contribution in [-0.4, -0.2) is 29.4 Å². The number of aromatic nitrogens is 6. The molecular weight excluding hydrogens is 312 g/mol. The Kier molecular flexibility index (Phi) is 2.90. The Morgan fingerprint density at radius 3 is 2.84 bits per heavy atom. The lowest BCUT2D eigenvalue weighted by Gasteiger charge is -2.08. The first-order valence-corrected chi connectivity index (χ1v) is 8.01. The predicted octanol–water partition coefficient (Wildman–Crippen LogP) is 3.44. The van der Waals surface area contributed by atoms with Crippen LogP contribution in [-0.2, 0) is 0 Å². The van der Waals surface area contributed by atoms with E-state index in [-0.39, 0.29) is 0 Å². The summed E-state index contributed by atoms with van der Waals surface area (Å²) in [6.45, 7) is 1.98. The van der Waals surface area contributed by atoms with Crippen LogP contribution in [0.5, 0.6) is 0 Å². The molecule has 0 aromatic carbocycles. The first-order valence-electron chi connectivity index (χ1n) is 8.01. The zero-order valence-electron chi connectivity index (χ0n) is 13.5. The van der Waals surface area contributed by atoms with Gasteiger partial charge in [-0.2, -0.15) is 5.10 Å². The number of nitrogens with zero attached hydrogens (tertiary/aromatic N) is 6. The van der Waals surface area contributed by atoms with Crippen molar-refractivity contribution >= 4 is 16.6 Å². The topological polar surface area (TPSA) is 60.9 Å². The molecule has 5 aromatic heterocycles. The van der Waals surface area contributed by atoms with E-state index in [1.165, 1.54) is 0 Å². The molecule has 0 amide bonds. The highest BCUT2D eigenvalue weighted by Crippen LogP contribution is 2.30. The van der Waals surface area contributed by atoms with Gasteiger partial charge in [-0.25, -0.2) is 19.2 Å². The van der Waals surface area contributed by atoms with Gasteiger partial charge in [0.05, 0.1) is 11.2 Å². The van der Waals surface area contributed by atoms with Gasteiger partial charge in [0.25, 0.3) is 0 Å². The second-order valence-corrected chi connectivity index (χ2v) is 5.89. The highest BCUT2D eigenvalue weighted by molar-refractivity contribution is 5.92. The van der Waals surface area contributed by atoms with E-state index >= 15 is 0 Å². The predicted molar refractivity (Wildman–Crippen MR) is 95.6 cm³/mol. The first-order chi connectivity index (χ1) is 12.3. The van der Waals surface area contributed by atoms with Crippen molar-refractivity contribution in [3.63, 3.8) is 0 Å². The lowest BCUT2D eigenvalue weighted by atomic mass is 10.1. The fourth-order valence-corrected chi connectivity index (χ4v) is 3.08. The summed E-state index contributed by atoms with van der Waals surface area (Å²) in [6.07, 6.45) is 5.50. The van der Waals surface area contributed by atoms with Crippen LogP contribution < -0.4 is 0 Å². The third-order valence-corrected chi connectivity index (χ3v) is 4.21. The van der Waals surface area contributed by atoms with Gasteiger partial charge >= 0.3 is 0 Å². The summed E-state index contributed by atoms with van der Waals surface area (Å²) in [7, 11) is 0. The molecule has 0 atom stereocenters. The van der Waals surface area contributed by atoms with Gasteiger partial charge < -0.3 is 0 Å². The maximum atomic E-state index is 4.69. The molecule has 0 aliphatic heterocycles. The van der Waals surface area contributed by atoms with Crippen molar-refractivity contribution in [1.29, 1.82) is 0 Å². The van der Waals surface area contributed by atoms with Crippen LogP contribution in [0.1, 0.15) is 5.69 Å². The molecule has 6 nitrogen and oxygen atoms in total. The Labute approximate surface area is 143 Å². The fourth-order valence-electron chi connectivity index (χ4n) is 3.08. The third kappa shape index (κ3) is 2.19. The van der Waals surface area contributed by atoms with E-state index in [2.05, 4.69) is 26.2 Å². The van der Waals surface area contributed by atoms with Crippen LogP contribution in [0.4, 0.5) is 0 Å². The normalized spacial score (nSPS) is 11.4. The third-order valence-electron chi connectivity index (χ3n) is 4.21. The van der Waals surface area contributed by atoms with Gasteiger partial charge in [0.15, 0.2) is 11.5 Å². The monoisotopic (exact) mass is 326 g/mol. The van der Waals surface area contributed by atoms with Gasteiger partial charge in [-0.05, 0) is 49.4 Å². The van der Waals surface area contributed by atoms with Gasteiger partial charge in [-0.3, -0.25) is 0 Å². The van der Waals surface area contributed by atoms with Crippen LogP contribution in [0, 0.1) is 6.92 Å². The number of hydrogen-bond donors (Lipinski definition) is 0. The molecule has 0 radical (unpaired) electrons. The molecule has 0 spiro atoms. The SMILES string of the molecule is Cc1cccc(-n2nc3ncccc3c2-c2ccn3nccc3c2)n1. The highest BCUT2D eigenvalue weighted by Gasteiger charge is 2.16. The minimum atomic E-state index is 0.703. The molecule has 0 aliphatic rings. The van der Waals surface area contributed by atoms with Crippen LogP contribution in [0.25, 0.3) is 33.6 Å². The van der Waals surface area contributed by atoms with Crippen LogP contribution in [0.2, 0.25) is 0 Å². The molecule has 0 saturated heterocycles. The van der Waals surface area contributed by atoms with E-state index in [0.717, 1.165) is 33.7 Å². The molecule has 0 saturated carbocycles. The Hall–Kier alpha value is -3.54. The summed E-state index contributed by atoms with van der Waals surface area (Å²) in [5.74, 6) is 0.779. The van der Waals surface area contributed by atoms with Crippen molar-refractivity contribution in [2.75, 3.05) is 0 Å². The van der Waals surface area contributed by atoms with Crippen LogP contribution in [0.3, 0.4) is 0 Å². The molecule has 5 heterocycles. The van der Waals surface area contributed by atoms with E-state index < -0.39 is 0 Å². The second-order valence-electron chi connectivity index (χ2n) is 5.89. The molecule has 0 N–H and O–H groups in total. The molecule has 25 heavy (non-hydrogen) atoms. The highest BCUT2D eigenvalue weighted by atomic mass is 15.3.